The van der Waals surface area contributed by atoms with Gasteiger partial charge in [0.2, 0.25) is 0 Å². The van der Waals surface area contributed by atoms with Crippen LogP contribution in [0.15, 0.2) is 18.2 Å². The third-order valence-electron chi connectivity index (χ3n) is 6.02. The molecule has 1 aromatic carbocycles. The van der Waals surface area contributed by atoms with E-state index in [4.69, 9.17) is 4.74 Å². The van der Waals surface area contributed by atoms with Crippen LogP contribution in [0.4, 0.5) is 0 Å². The third-order valence-corrected chi connectivity index (χ3v) is 6.02. The van der Waals surface area contributed by atoms with E-state index < -0.39 is 0 Å². The molecule has 102 valence electrons. The Hall–Kier alpha value is -0.980. The van der Waals surface area contributed by atoms with E-state index in [0.29, 0.717) is 5.41 Å². The highest BCUT2D eigenvalue weighted by Gasteiger charge is 2.52. The molecule has 0 saturated heterocycles. The maximum absolute atomic E-state index is 5.72. The van der Waals surface area contributed by atoms with E-state index in [1.165, 1.54) is 44.1 Å². The maximum atomic E-state index is 5.72. The molecular formula is C18H24O. The molecule has 0 atom stereocenters. The Kier molecular flexibility index (Phi) is 2.49. The summed E-state index contributed by atoms with van der Waals surface area (Å²) in [7, 11) is 1.83. The lowest BCUT2D eigenvalue weighted by molar-refractivity contribution is -0.00644. The van der Waals surface area contributed by atoms with Crippen molar-refractivity contribution >= 4 is 0 Å². The zero-order chi connectivity index (χ0) is 13.0. The number of hydrogen-bond donors (Lipinski definition) is 0. The van der Waals surface area contributed by atoms with Gasteiger partial charge in [-0.1, -0.05) is 12.1 Å². The van der Waals surface area contributed by atoms with Crippen LogP contribution in [0, 0.1) is 24.7 Å². The molecular weight excluding hydrogens is 232 g/mol. The summed E-state index contributed by atoms with van der Waals surface area (Å²) in [5.74, 6) is 4.13. The average molecular weight is 256 g/mol. The number of benzene rings is 1. The van der Waals surface area contributed by atoms with Gasteiger partial charge in [-0.05, 0) is 74.8 Å². The zero-order valence-corrected chi connectivity index (χ0v) is 12.1. The molecule has 0 aromatic heterocycles. The van der Waals surface area contributed by atoms with E-state index >= 15 is 0 Å². The molecule has 0 heterocycles. The first-order valence-electron chi connectivity index (χ1n) is 7.84. The predicted molar refractivity (Wildman–Crippen MR) is 77.6 cm³/mol. The monoisotopic (exact) mass is 256 g/mol. The molecule has 4 bridgehead atoms. The first-order chi connectivity index (χ1) is 9.20. The molecule has 4 aliphatic rings. The van der Waals surface area contributed by atoms with Crippen LogP contribution in [0.1, 0.15) is 49.7 Å². The SMILES string of the molecule is COc1cccc(C)c1C12CC3CC(CC(C3)C1)C2. The van der Waals surface area contributed by atoms with Gasteiger partial charge >= 0.3 is 0 Å². The van der Waals surface area contributed by atoms with Crippen molar-refractivity contribution in [3.8, 4) is 5.75 Å². The topological polar surface area (TPSA) is 9.23 Å². The van der Waals surface area contributed by atoms with Crippen molar-refractivity contribution in [2.75, 3.05) is 7.11 Å². The minimum absolute atomic E-state index is 0.450. The maximum Gasteiger partial charge on any atom is 0.122 e. The summed E-state index contributed by atoms with van der Waals surface area (Å²) in [4.78, 5) is 0. The van der Waals surface area contributed by atoms with Crippen LogP contribution < -0.4 is 4.74 Å². The minimum Gasteiger partial charge on any atom is -0.496 e. The quantitative estimate of drug-likeness (QED) is 0.758. The van der Waals surface area contributed by atoms with E-state index in [1.807, 2.05) is 7.11 Å². The molecule has 1 nitrogen and oxygen atoms in total. The molecule has 0 spiro atoms. The summed E-state index contributed by atoms with van der Waals surface area (Å²) >= 11 is 0. The molecule has 0 N–H and O–H groups in total. The van der Waals surface area contributed by atoms with Crippen LogP contribution >= 0.6 is 0 Å². The Morgan fingerprint density at radius 2 is 1.58 bits per heavy atom. The van der Waals surface area contributed by atoms with Gasteiger partial charge in [0.05, 0.1) is 7.11 Å². The van der Waals surface area contributed by atoms with Gasteiger partial charge in [0.25, 0.3) is 0 Å². The number of ether oxygens (including phenoxy) is 1. The van der Waals surface area contributed by atoms with Crippen LogP contribution in [-0.4, -0.2) is 7.11 Å². The second-order valence-corrected chi connectivity index (χ2v) is 7.35. The Bertz CT molecular complexity index is 467. The molecule has 5 rings (SSSR count). The van der Waals surface area contributed by atoms with Crippen LogP contribution in [0.25, 0.3) is 0 Å². The van der Waals surface area contributed by atoms with E-state index in [1.54, 1.807) is 5.56 Å². The highest BCUT2D eigenvalue weighted by molar-refractivity contribution is 5.46. The molecule has 4 saturated carbocycles. The van der Waals surface area contributed by atoms with Crippen molar-refractivity contribution in [2.45, 2.75) is 50.9 Å². The second kappa shape index (κ2) is 4.01. The van der Waals surface area contributed by atoms with Gasteiger partial charge < -0.3 is 4.74 Å². The highest BCUT2D eigenvalue weighted by Crippen LogP contribution is 2.62. The molecule has 19 heavy (non-hydrogen) atoms. The van der Waals surface area contributed by atoms with Crippen molar-refractivity contribution in [1.82, 2.24) is 0 Å². The lowest BCUT2D eigenvalue weighted by Gasteiger charge is -2.57. The summed E-state index contributed by atoms with van der Waals surface area (Å²) in [6.07, 6.45) is 8.77. The zero-order valence-electron chi connectivity index (χ0n) is 12.1. The van der Waals surface area contributed by atoms with Crippen molar-refractivity contribution in [1.29, 1.82) is 0 Å². The normalized spacial score (nSPS) is 39.6. The largest absolute Gasteiger partial charge is 0.496 e. The van der Waals surface area contributed by atoms with Gasteiger partial charge in [-0.3, -0.25) is 0 Å². The number of hydrogen-bond acceptors (Lipinski definition) is 1. The summed E-state index contributed by atoms with van der Waals surface area (Å²) in [5.41, 5.74) is 3.45. The Balaban J connectivity index is 1.84. The Labute approximate surface area is 116 Å². The molecule has 0 amide bonds. The van der Waals surface area contributed by atoms with Gasteiger partial charge in [-0.15, -0.1) is 0 Å². The molecule has 1 aromatic rings. The van der Waals surface area contributed by atoms with Gasteiger partial charge in [0, 0.05) is 11.0 Å². The van der Waals surface area contributed by atoms with Crippen LogP contribution in [0.5, 0.6) is 5.75 Å². The van der Waals surface area contributed by atoms with Gasteiger partial charge in [-0.25, -0.2) is 0 Å². The first-order valence-corrected chi connectivity index (χ1v) is 7.84. The van der Waals surface area contributed by atoms with Crippen LogP contribution in [0.2, 0.25) is 0 Å². The molecule has 0 unspecified atom stereocenters. The van der Waals surface area contributed by atoms with E-state index in [0.717, 1.165) is 23.5 Å². The fraction of sp³-hybridized carbons (Fsp3) is 0.667. The fourth-order valence-corrected chi connectivity index (χ4v) is 5.91. The third kappa shape index (κ3) is 1.67. The lowest BCUT2D eigenvalue weighted by Crippen LogP contribution is -2.49. The summed E-state index contributed by atoms with van der Waals surface area (Å²) in [5, 5.41) is 0. The molecule has 4 aliphatic carbocycles. The molecule has 0 aliphatic heterocycles. The first kappa shape index (κ1) is 11.8. The van der Waals surface area contributed by atoms with Crippen molar-refractivity contribution < 1.29 is 4.74 Å². The van der Waals surface area contributed by atoms with Crippen molar-refractivity contribution in [2.24, 2.45) is 17.8 Å². The summed E-state index contributed by atoms with van der Waals surface area (Å²) < 4.78 is 5.72. The highest BCUT2D eigenvalue weighted by atomic mass is 16.5. The lowest BCUT2D eigenvalue weighted by atomic mass is 9.47. The average Bonchev–Trinajstić information content (AvgIpc) is 2.36. The predicted octanol–water partition coefficient (Wildman–Crippen LogP) is 4.47. The van der Waals surface area contributed by atoms with Crippen molar-refractivity contribution in [3.05, 3.63) is 29.3 Å². The number of aryl methyl sites for hydroxylation is 1. The minimum atomic E-state index is 0.450. The van der Waals surface area contributed by atoms with Gasteiger partial charge in [-0.2, -0.15) is 0 Å². The summed E-state index contributed by atoms with van der Waals surface area (Å²) in [6, 6.07) is 6.58. The Morgan fingerprint density at radius 3 is 2.11 bits per heavy atom. The van der Waals surface area contributed by atoms with Crippen LogP contribution in [0.3, 0.4) is 0 Å². The second-order valence-electron chi connectivity index (χ2n) is 7.35. The number of methoxy groups -OCH3 is 1. The fourth-order valence-electron chi connectivity index (χ4n) is 5.91. The standard InChI is InChI=1S/C18H24O/c1-12-4-3-5-16(19-2)17(12)18-9-13-6-14(10-18)8-15(7-13)11-18/h3-5,13-15H,6-11H2,1-2H3. The molecule has 4 fully saturated rings. The van der Waals surface area contributed by atoms with E-state index in [9.17, 15) is 0 Å². The number of rotatable bonds is 2. The summed E-state index contributed by atoms with van der Waals surface area (Å²) in [6.45, 7) is 2.27. The van der Waals surface area contributed by atoms with Gasteiger partial charge in [0.15, 0.2) is 0 Å². The van der Waals surface area contributed by atoms with E-state index in [2.05, 4.69) is 25.1 Å². The smallest absolute Gasteiger partial charge is 0.122 e. The Morgan fingerprint density at radius 1 is 1.00 bits per heavy atom. The van der Waals surface area contributed by atoms with E-state index in [-0.39, 0.29) is 0 Å². The van der Waals surface area contributed by atoms with Gasteiger partial charge in [0.1, 0.15) is 5.75 Å². The molecule has 0 radical (unpaired) electrons. The van der Waals surface area contributed by atoms with Crippen molar-refractivity contribution in [3.63, 3.8) is 0 Å². The van der Waals surface area contributed by atoms with Crippen LogP contribution in [-0.2, 0) is 5.41 Å². The molecule has 1 heteroatoms.